The first-order chi connectivity index (χ1) is 9.53. The van der Waals surface area contributed by atoms with Gasteiger partial charge in [0.25, 0.3) is 0 Å². The van der Waals surface area contributed by atoms with Crippen molar-refractivity contribution >= 4 is 9.84 Å². The molecule has 0 aromatic heterocycles. The van der Waals surface area contributed by atoms with Crippen LogP contribution < -0.4 is 4.74 Å². The summed E-state index contributed by atoms with van der Waals surface area (Å²) in [7, 11) is -2.02. The highest BCUT2D eigenvalue weighted by molar-refractivity contribution is 7.96. The molecule has 0 saturated carbocycles. The first kappa shape index (κ1) is 14.2. The van der Waals surface area contributed by atoms with E-state index in [-0.39, 0.29) is 4.90 Å². The van der Waals surface area contributed by atoms with Crippen LogP contribution in [0.4, 0.5) is 0 Å². The molecule has 0 aliphatic heterocycles. The largest absolute Gasteiger partial charge is 0.497 e. The molecule has 0 heterocycles. The van der Waals surface area contributed by atoms with Gasteiger partial charge in [0.05, 0.1) is 12.0 Å². The molecule has 2 aromatic carbocycles. The van der Waals surface area contributed by atoms with Crippen LogP contribution in [0.5, 0.6) is 5.75 Å². The van der Waals surface area contributed by atoms with Crippen LogP contribution in [0.1, 0.15) is 11.1 Å². The minimum atomic E-state index is -3.60. The van der Waals surface area contributed by atoms with Crippen molar-refractivity contribution in [3.05, 3.63) is 59.7 Å². The van der Waals surface area contributed by atoms with Gasteiger partial charge in [0.2, 0.25) is 9.84 Å². The molecule has 0 amide bonds. The second kappa shape index (κ2) is 5.81. The van der Waals surface area contributed by atoms with E-state index < -0.39 is 9.84 Å². The Bertz CT molecular complexity index is 763. The monoisotopic (exact) mass is 286 g/mol. The van der Waals surface area contributed by atoms with Gasteiger partial charge < -0.3 is 4.74 Å². The number of hydrogen-bond donors (Lipinski definition) is 0. The van der Waals surface area contributed by atoms with E-state index in [1.165, 1.54) is 0 Å². The van der Waals surface area contributed by atoms with E-state index in [0.29, 0.717) is 16.9 Å². The molecule has 0 saturated heterocycles. The first-order valence-electron chi connectivity index (χ1n) is 6.00. The van der Waals surface area contributed by atoms with Gasteiger partial charge in [-0.05, 0) is 48.7 Å². The zero-order valence-corrected chi connectivity index (χ0v) is 12.1. The Balaban J connectivity index is 2.34. The molecule has 0 atom stereocenters. The fraction of sp³-hybridized carbons (Fsp3) is 0.125. The van der Waals surface area contributed by atoms with Gasteiger partial charge in [0, 0.05) is 10.8 Å². The summed E-state index contributed by atoms with van der Waals surface area (Å²) >= 11 is 0. The van der Waals surface area contributed by atoms with Gasteiger partial charge in [-0.15, -0.1) is 0 Å². The zero-order valence-electron chi connectivity index (χ0n) is 11.3. The number of methoxy groups -OCH3 is 1. The van der Waals surface area contributed by atoms with Crippen LogP contribution in [-0.4, -0.2) is 15.5 Å². The van der Waals surface area contributed by atoms with Crippen molar-refractivity contribution in [3.8, 4) is 16.9 Å². The van der Waals surface area contributed by atoms with Crippen molar-refractivity contribution in [2.45, 2.75) is 11.8 Å². The van der Waals surface area contributed by atoms with Gasteiger partial charge in [-0.2, -0.15) is 0 Å². The lowest BCUT2D eigenvalue weighted by molar-refractivity contribution is 0.415. The van der Waals surface area contributed by atoms with Crippen LogP contribution in [0.25, 0.3) is 0 Å². The molecule has 0 aliphatic carbocycles. The summed E-state index contributed by atoms with van der Waals surface area (Å²) in [5, 5.41) is 2.35. The van der Waals surface area contributed by atoms with E-state index in [2.05, 4.69) is 11.2 Å². The fourth-order valence-electron chi connectivity index (χ4n) is 1.71. The molecule has 102 valence electrons. The predicted octanol–water partition coefficient (Wildman–Crippen LogP) is 2.79. The Morgan fingerprint density at radius 2 is 1.65 bits per heavy atom. The lowest BCUT2D eigenvalue weighted by Crippen LogP contribution is -1.99. The van der Waals surface area contributed by atoms with Crippen molar-refractivity contribution in [2.24, 2.45) is 0 Å². The SMILES string of the molecule is COc1ccc(C#CS(=O)(=O)c2ccccc2C)cc1. The number of sulfone groups is 1. The summed E-state index contributed by atoms with van der Waals surface area (Å²) in [6.45, 7) is 1.75. The molecule has 0 N–H and O–H groups in total. The Morgan fingerprint density at radius 3 is 2.25 bits per heavy atom. The van der Waals surface area contributed by atoms with Gasteiger partial charge in [-0.25, -0.2) is 8.42 Å². The average Bonchev–Trinajstić information content (AvgIpc) is 2.46. The van der Waals surface area contributed by atoms with Gasteiger partial charge in [-0.3, -0.25) is 0 Å². The summed E-state index contributed by atoms with van der Waals surface area (Å²) in [4.78, 5) is 0.251. The number of hydrogen-bond acceptors (Lipinski definition) is 3. The molecular formula is C16H14O3S. The maximum absolute atomic E-state index is 12.2. The summed E-state index contributed by atoms with van der Waals surface area (Å²) in [5.41, 5.74) is 1.32. The maximum Gasteiger partial charge on any atom is 0.245 e. The third kappa shape index (κ3) is 3.19. The molecule has 0 spiro atoms. The number of rotatable bonds is 2. The van der Waals surface area contributed by atoms with Crippen LogP contribution in [0.3, 0.4) is 0 Å². The van der Waals surface area contributed by atoms with Crippen molar-refractivity contribution in [3.63, 3.8) is 0 Å². The van der Waals surface area contributed by atoms with Crippen molar-refractivity contribution in [1.82, 2.24) is 0 Å². The summed E-state index contributed by atoms with van der Waals surface area (Å²) < 4.78 is 29.3. The van der Waals surface area contributed by atoms with E-state index in [4.69, 9.17) is 4.74 Å². The van der Waals surface area contributed by atoms with Gasteiger partial charge in [0.1, 0.15) is 5.75 Å². The molecule has 0 fully saturated rings. The Kier molecular flexibility index (Phi) is 4.11. The molecular weight excluding hydrogens is 272 g/mol. The Labute approximate surface area is 119 Å². The molecule has 2 rings (SSSR count). The van der Waals surface area contributed by atoms with E-state index in [1.54, 1.807) is 62.6 Å². The topological polar surface area (TPSA) is 43.4 Å². The highest BCUT2D eigenvalue weighted by Gasteiger charge is 2.12. The lowest BCUT2D eigenvalue weighted by atomic mass is 10.2. The summed E-state index contributed by atoms with van der Waals surface area (Å²) in [6, 6.07) is 13.7. The van der Waals surface area contributed by atoms with E-state index in [1.807, 2.05) is 0 Å². The fourth-order valence-corrected chi connectivity index (χ4v) is 2.83. The van der Waals surface area contributed by atoms with Crippen LogP contribution in [0, 0.1) is 18.1 Å². The third-order valence-corrected chi connectivity index (χ3v) is 4.21. The minimum Gasteiger partial charge on any atom is -0.497 e. The molecule has 3 nitrogen and oxygen atoms in total. The van der Waals surface area contributed by atoms with Crippen molar-refractivity contribution in [1.29, 1.82) is 0 Å². The van der Waals surface area contributed by atoms with Crippen LogP contribution in [0.2, 0.25) is 0 Å². The smallest absolute Gasteiger partial charge is 0.245 e. The summed E-state index contributed by atoms with van der Waals surface area (Å²) in [6.07, 6.45) is 0. The normalized spacial score (nSPS) is 10.5. The number of benzene rings is 2. The molecule has 20 heavy (non-hydrogen) atoms. The van der Waals surface area contributed by atoms with Crippen molar-refractivity contribution < 1.29 is 13.2 Å². The Hall–Kier alpha value is -2.25. The predicted molar refractivity (Wildman–Crippen MR) is 78.2 cm³/mol. The second-order valence-electron chi connectivity index (χ2n) is 4.22. The molecule has 0 aliphatic rings. The minimum absolute atomic E-state index is 0.251. The van der Waals surface area contributed by atoms with E-state index in [9.17, 15) is 8.42 Å². The first-order valence-corrected chi connectivity index (χ1v) is 7.49. The molecule has 4 heteroatoms. The van der Waals surface area contributed by atoms with Crippen molar-refractivity contribution in [2.75, 3.05) is 7.11 Å². The lowest BCUT2D eigenvalue weighted by Gasteiger charge is -2.00. The zero-order chi connectivity index (χ0) is 14.6. The molecule has 0 bridgehead atoms. The van der Waals surface area contributed by atoms with Gasteiger partial charge in [-0.1, -0.05) is 18.2 Å². The number of ether oxygens (including phenoxy) is 1. The highest BCUT2D eigenvalue weighted by Crippen LogP contribution is 2.15. The third-order valence-electron chi connectivity index (χ3n) is 2.80. The highest BCUT2D eigenvalue weighted by atomic mass is 32.2. The van der Waals surface area contributed by atoms with Crippen LogP contribution in [-0.2, 0) is 9.84 Å². The van der Waals surface area contributed by atoms with Crippen LogP contribution in [0.15, 0.2) is 53.4 Å². The Morgan fingerprint density at radius 1 is 1.00 bits per heavy atom. The second-order valence-corrected chi connectivity index (χ2v) is 5.88. The van der Waals surface area contributed by atoms with Gasteiger partial charge in [0.15, 0.2) is 0 Å². The average molecular weight is 286 g/mol. The quantitative estimate of drug-likeness (QED) is 0.797. The number of aryl methyl sites for hydroxylation is 1. The molecule has 0 unspecified atom stereocenters. The van der Waals surface area contributed by atoms with E-state index >= 15 is 0 Å². The molecule has 0 radical (unpaired) electrons. The van der Waals surface area contributed by atoms with E-state index in [0.717, 1.165) is 0 Å². The van der Waals surface area contributed by atoms with Crippen LogP contribution >= 0.6 is 0 Å². The molecule has 2 aromatic rings. The summed E-state index contributed by atoms with van der Waals surface area (Å²) in [5.74, 6) is 3.37. The van der Waals surface area contributed by atoms with Gasteiger partial charge >= 0.3 is 0 Å². The standard InChI is InChI=1S/C16H14O3S/c1-13-5-3-4-6-16(13)20(17,18)12-11-14-7-9-15(19-2)10-8-14/h3-10H,1-2H3. The maximum atomic E-state index is 12.2.